The molecule has 2 aromatic carbocycles. The van der Waals surface area contributed by atoms with Crippen LogP contribution in [-0.4, -0.2) is 30.2 Å². The second-order valence-corrected chi connectivity index (χ2v) is 8.06. The van der Waals surface area contributed by atoms with Crippen molar-refractivity contribution in [2.75, 3.05) is 6.54 Å². The van der Waals surface area contributed by atoms with Crippen molar-refractivity contribution in [3.63, 3.8) is 0 Å². The fourth-order valence-electron chi connectivity index (χ4n) is 2.88. The third-order valence-electron chi connectivity index (χ3n) is 4.89. The molecule has 0 aliphatic carbocycles. The number of unbranched alkanes of at least 4 members (excludes halogenated alkanes) is 2. The molecule has 0 spiro atoms. The zero-order valence-corrected chi connectivity index (χ0v) is 19.7. The summed E-state index contributed by atoms with van der Waals surface area (Å²) in [5.74, 6) is -1.65. The quantitative estimate of drug-likeness (QED) is 0.238. The van der Waals surface area contributed by atoms with Crippen molar-refractivity contribution in [1.82, 2.24) is 5.32 Å². The van der Waals surface area contributed by atoms with Crippen LogP contribution in [0.2, 0.25) is 0 Å². The Morgan fingerprint density at radius 3 is 1.91 bits per heavy atom. The number of ketones is 2. The zero-order valence-electron chi connectivity index (χ0n) is 19.7. The highest BCUT2D eigenvalue weighted by Crippen LogP contribution is 2.14. The predicted octanol–water partition coefficient (Wildman–Crippen LogP) is 6.24. The summed E-state index contributed by atoms with van der Waals surface area (Å²) in [7, 11) is 0. The van der Waals surface area contributed by atoms with Crippen molar-refractivity contribution >= 4 is 17.5 Å². The normalized spacial score (nSPS) is 10.6. The van der Waals surface area contributed by atoms with Crippen molar-refractivity contribution in [1.29, 1.82) is 0 Å². The molecule has 0 atom stereocenters. The standard InChI is InChI=1S/C24H29NO2.C3H3F3O/c1-19(2)9-5-4-8-18-25-23(26)17-14-20-12-15-22(16-13-20)24(27)21-10-6-3-7-11-21;1-2(7)3(4,5)6/h3,6-7,10-13,15-16H,1,4-5,8-9,14,17-18H2,2H3,(H,25,26);1H3. The first-order chi connectivity index (χ1) is 16.0. The van der Waals surface area contributed by atoms with Crippen LogP contribution in [0.3, 0.4) is 0 Å². The van der Waals surface area contributed by atoms with Crippen LogP contribution in [0.5, 0.6) is 0 Å². The Balaban J connectivity index is 0.000000718. The van der Waals surface area contributed by atoms with Crippen LogP contribution in [-0.2, 0) is 16.0 Å². The molecular weight excluding hydrogens is 443 g/mol. The average molecular weight is 476 g/mol. The van der Waals surface area contributed by atoms with Crippen LogP contribution in [0.1, 0.15) is 67.4 Å². The molecule has 184 valence electrons. The van der Waals surface area contributed by atoms with Crippen LogP contribution >= 0.6 is 0 Å². The predicted molar refractivity (Wildman–Crippen MR) is 128 cm³/mol. The minimum Gasteiger partial charge on any atom is -0.356 e. The van der Waals surface area contributed by atoms with Gasteiger partial charge in [0.15, 0.2) is 5.78 Å². The van der Waals surface area contributed by atoms with Gasteiger partial charge in [-0.2, -0.15) is 13.2 Å². The third-order valence-corrected chi connectivity index (χ3v) is 4.89. The fourth-order valence-corrected chi connectivity index (χ4v) is 2.88. The molecule has 0 saturated heterocycles. The highest BCUT2D eigenvalue weighted by molar-refractivity contribution is 6.08. The van der Waals surface area contributed by atoms with Crippen LogP contribution in [0.4, 0.5) is 13.2 Å². The van der Waals surface area contributed by atoms with Gasteiger partial charge in [-0.05, 0) is 38.2 Å². The molecule has 2 aromatic rings. The number of hydrogen-bond acceptors (Lipinski definition) is 3. The van der Waals surface area contributed by atoms with E-state index < -0.39 is 12.0 Å². The molecule has 0 aliphatic rings. The molecule has 0 fully saturated rings. The van der Waals surface area contributed by atoms with E-state index in [0.29, 0.717) is 30.9 Å². The minimum absolute atomic E-state index is 0.0199. The average Bonchev–Trinajstić information content (AvgIpc) is 2.80. The Morgan fingerprint density at radius 1 is 0.824 bits per heavy atom. The molecule has 34 heavy (non-hydrogen) atoms. The van der Waals surface area contributed by atoms with E-state index in [2.05, 4.69) is 11.9 Å². The number of carbonyl (C=O) groups excluding carboxylic acids is 3. The largest absolute Gasteiger partial charge is 0.449 e. The zero-order chi connectivity index (χ0) is 25.6. The Morgan fingerprint density at radius 2 is 1.38 bits per heavy atom. The van der Waals surface area contributed by atoms with Gasteiger partial charge in [-0.3, -0.25) is 14.4 Å². The van der Waals surface area contributed by atoms with Gasteiger partial charge in [-0.15, -0.1) is 6.58 Å². The number of halogens is 3. The number of nitrogens with one attached hydrogen (secondary N) is 1. The highest BCUT2D eigenvalue weighted by atomic mass is 19.4. The monoisotopic (exact) mass is 475 g/mol. The molecule has 0 radical (unpaired) electrons. The van der Waals surface area contributed by atoms with Crippen LogP contribution in [0, 0.1) is 0 Å². The molecule has 0 aromatic heterocycles. The van der Waals surface area contributed by atoms with Gasteiger partial charge in [0.2, 0.25) is 11.7 Å². The first kappa shape index (κ1) is 28.8. The number of carbonyl (C=O) groups is 3. The van der Waals surface area contributed by atoms with Crippen molar-refractivity contribution in [3.8, 4) is 0 Å². The van der Waals surface area contributed by atoms with Gasteiger partial charge < -0.3 is 5.32 Å². The lowest BCUT2D eigenvalue weighted by Crippen LogP contribution is -2.24. The number of Topliss-reactive ketones (excluding diaryl/α,β-unsaturated/α-hetero) is 1. The first-order valence-corrected chi connectivity index (χ1v) is 11.2. The molecule has 0 heterocycles. The lowest BCUT2D eigenvalue weighted by atomic mass is 10.0. The SMILES string of the molecule is C=C(C)CCCCCNC(=O)CCc1ccc(C(=O)c2ccccc2)cc1.CC(=O)C(F)(F)F. The lowest BCUT2D eigenvalue weighted by molar-refractivity contribution is -0.168. The maximum atomic E-state index is 12.4. The topological polar surface area (TPSA) is 63.2 Å². The summed E-state index contributed by atoms with van der Waals surface area (Å²) < 4.78 is 32.5. The van der Waals surface area contributed by atoms with E-state index in [1.54, 1.807) is 0 Å². The second-order valence-electron chi connectivity index (χ2n) is 8.06. The maximum absolute atomic E-state index is 12.4. The van der Waals surface area contributed by atoms with E-state index in [1.165, 1.54) is 5.57 Å². The molecule has 0 unspecified atom stereocenters. The molecular formula is C27H32F3NO3. The van der Waals surface area contributed by atoms with E-state index >= 15 is 0 Å². The Kier molecular flexibility index (Phi) is 12.6. The van der Waals surface area contributed by atoms with Crippen LogP contribution in [0.25, 0.3) is 0 Å². The molecule has 0 bridgehead atoms. The van der Waals surface area contributed by atoms with Gasteiger partial charge in [0.25, 0.3) is 0 Å². The van der Waals surface area contributed by atoms with E-state index in [4.69, 9.17) is 0 Å². The van der Waals surface area contributed by atoms with Crippen molar-refractivity contribution in [2.45, 2.75) is 58.5 Å². The minimum atomic E-state index is -4.64. The first-order valence-electron chi connectivity index (χ1n) is 11.2. The summed E-state index contributed by atoms with van der Waals surface area (Å²) in [5.41, 5.74) is 3.64. The summed E-state index contributed by atoms with van der Waals surface area (Å²) in [4.78, 5) is 33.7. The Labute approximate surface area is 199 Å². The molecule has 0 aliphatic heterocycles. The van der Waals surface area contributed by atoms with E-state index in [9.17, 15) is 27.6 Å². The number of rotatable bonds is 11. The van der Waals surface area contributed by atoms with Gasteiger partial charge >= 0.3 is 6.18 Å². The van der Waals surface area contributed by atoms with Crippen LogP contribution in [0.15, 0.2) is 66.7 Å². The molecule has 1 N–H and O–H groups in total. The lowest BCUT2D eigenvalue weighted by Gasteiger charge is -2.06. The number of benzene rings is 2. The smallest absolute Gasteiger partial charge is 0.356 e. The molecule has 1 amide bonds. The van der Waals surface area contributed by atoms with Gasteiger partial charge in [-0.25, -0.2) is 0 Å². The third kappa shape index (κ3) is 12.1. The maximum Gasteiger partial charge on any atom is 0.449 e. The Bertz CT molecular complexity index is 936. The summed E-state index contributed by atoms with van der Waals surface area (Å²) >= 11 is 0. The Hall–Kier alpha value is -3.22. The van der Waals surface area contributed by atoms with Crippen molar-refractivity contribution < 1.29 is 27.6 Å². The molecule has 2 rings (SSSR count). The highest BCUT2D eigenvalue weighted by Gasteiger charge is 2.33. The van der Waals surface area contributed by atoms with Gasteiger partial charge in [-0.1, -0.05) is 66.6 Å². The number of alkyl halides is 3. The number of aryl methyl sites for hydroxylation is 1. The number of amides is 1. The van der Waals surface area contributed by atoms with Gasteiger partial charge in [0, 0.05) is 31.0 Å². The van der Waals surface area contributed by atoms with Gasteiger partial charge in [0.05, 0.1) is 0 Å². The van der Waals surface area contributed by atoms with Crippen molar-refractivity contribution in [3.05, 3.63) is 83.4 Å². The van der Waals surface area contributed by atoms with Crippen LogP contribution < -0.4 is 5.32 Å². The fraction of sp³-hybridized carbons (Fsp3) is 0.370. The molecule has 7 heteroatoms. The van der Waals surface area contributed by atoms with Crippen molar-refractivity contribution in [2.24, 2.45) is 0 Å². The van der Waals surface area contributed by atoms with E-state index in [1.807, 2.05) is 61.5 Å². The van der Waals surface area contributed by atoms with E-state index in [-0.39, 0.29) is 11.7 Å². The molecule has 4 nitrogen and oxygen atoms in total. The molecule has 0 saturated carbocycles. The van der Waals surface area contributed by atoms with E-state index in [0.717, 1.165) is 37.8 Å². The van der Waals surface area contributed by atoms with Gasteiger partial charge in [0.1, 0.15) is 0 Å². The summed E-state index contributed by atoms with van der Waals surface area (Å²) in [6, 6.07) is 16.8. The summed E-state index contributed by atoms with van der Waals surface area (Å²) in [5, 5.41) is 2.98. The summed E-state index contributed by atoms with van der Waals surface area (Å²) in [6.45, 7) is 7.17. The second kappa shape index (κ2) is 14.8. The summed E-state index contributed by atoms with van der Waals surface area (Å²) in [6.07, 6.45) is 0.842. The number of hydrogen-bond donors (Lipinski definition) is 1. The number of allylic oxidation sites excluding steroid dienone is 1.